The lowest BCUT2D eigenvalue weighted by molar-refractivity contribution is -0.139. The summed E-state index contributed by atoms with van der Waals surface area (Å²) in [5.74, 6) is -1.06. The van der Waals surface area contributed by atoms with E-state index in [4.69, 9.17) is 16.3 Å². The highest BCUT2D eigenvalue weighted by atomic mass is 35.5. The number of rotatable bonds is 7. The van der Waals surface area contributed by atoms with Gasteiger partial charge in [0.1, 0.15) is 11.5 Å². The fourth-order valence-electron chi connectivity index (χ4n) is 3.87. The van der Waals surface area contributed by atoms with Gasteiger partial charge in [-0.25, -0.2) is 4.98 Å². The highest BCUT2D eigenvalue weighted by Gasteiger charge is 2.45. The lowest BCUT2D eigenvalue weighted by Crippen LogP contribution is -2.31. The third-order valence-corrected chi connectivity index (χ3v) is 5.70. The molecule has 0 spiro atoms. The van der Waals surface area contributed by atoms with Crippen molar-refractivity contribution in [2.24, 2.45) is 0 Å². The van der Waals surface area contributed by atoms with Crippen LogP contribution in [0.1, 0.15) is 23.6 Å². The smallest absolute Gasteiger partial charge is 0.295 e. The van der Waals surface area contributed by atoms with Gasteiger partial charge in [0, 0.05) is 36.1 Å². The number of imidazole rings is 1. The SMILES string of the molecule is COc1cccc(C(O)=C2C(=O)C(=O)N(CCCn3ccnc3)[C@H]2c2ccc(Cl)cc2)c1. The molecule has 1 aromatic heterocycles. The molecule has 1 aliphatic heterocycles. The molecule has 3 aromatic rings. The van der Waals surface area contributed by atoms with Crippen LogP contribution in [0.4, 0.5) is 0 Å². The van der Waals surface area contributed by atoms with Crippen LogP contribution in [0.15, 0.2) is 72.8 Å². The monoisotopic (exact) mass is 451 g/mol. The zero-order chi connectivity index (χ0) is 22.7. The number of aliphatic hydroxyl groups excluding tert-OH is 1. The van der Waals surface area contributed by atoms with Gasteiger partial charge in [-0.2, -0.15) is 0 Å². The number of carbonyl (C=O) groups is 2. The fraction of sp³-hybridized carbons (Fsp3) is 0.208. The maximum Gasteiger partial charge on any atom is 0.295 e. The Bertz CT molecular complexity index is 1160. The molecule has 2 heterocycles. The summed E-state index contributed by atoms with van der Waals surface area (Å²) in [7, 11) is 1.52. The Morgan fingerprint density at radius 3 is 2.62 bits per heavy atom. The molecule has 1 atom stereocenters. The van der Waals surface area contributed by atoms with Crippen molar-refractivity contribution >= 4 is 29.1 Å². The van der Waals surface area contributed by atoms with Crippen molar-refractivity contribution in [3.63, 3.8) is 0 Å². The topological polar surface area (TPSA) is 84.7 Å². The molecule has 0 unspecified atom stereocenters. The number of benzene rings is 2. The zero-order valence-corrected chi connectivity index (χ0v) is 18.2. The number of carbonyl (C=O) groups excluding carboxylic acids is 2. The molecular formula is C24H22ClN3O4. The number of nitrogens with zero attached hydrogens (tertiary/aromatic N) is 3. The van der Waals surface area contributed by atoms with Gasteiger partial charge in [0.15, 0.2) is 0 Å². The summed E-state index contributed by atoms with van der Waals surface area (Å²) in [6, 6.07) is 13.0. The van der Waals surface area contributed by atoms with E-state index in [1.54, 1.807) is 61.1 Å². The number of hydrogen-bond donors (Lipinski definition) is 1. The van der Waals surface area contributed by atoms with Crippen molar-refractivity contribution in [3.05, 3.63) is 89.0 Å². The first kappa shape index (κ1) is 21.6. The molecule has 0 aliphatic carbocycles. The van der Waals surface area contributed by atoms with Crippen LogP contribution in [-0.4, -0.2) is 44.9 Å². The second kappa shape index (κ2) is 9.28. The third-order valence-electron chi connectivity index (χ3n) is 5.44. The number of methoxy groups -OCH3 is 1. The van der Waals surface area contributed by atoms with Gasteiger partial charge in [-0.05, 0) is 36.2 Å². The number of aliphatic hydroxyl groups is 1. The first-order chi connectivity index (χ1) is 15.5. The molecule has 1 fully saturated rings. The van der Waals surface area contributed by atoms with Crippen LogP contribution in [0.2, 0.25) is 5.02 Å². The number of aryl methyl sites for hydroxylation is 1. The molecule has 0 radical (unpaired) electrons. The molecule has 4 rings (SSSR count). The molecule has 0 bridgehead atoms. The lowest BCUT2D eigenvalue weighted by atomic mass is 9.95. The van der Waals surface area contributed by atoms with Crippen LogP contribution in [0.3, 0.4) is 0 Å². The van der Waals surface area contributed by atoms with Crippen molar-refractivity contribution in [3.8, 4) is 5.75 Å². The highest BCUT2D eigenvalue weighted by molar-refractivity contribution is 6.46. The van der Waals surface area contributed by atoms with Crippen molar-refractivity contribution in [2.45, 2.75) is 19.0 Å². The molecule has 2 aromatic carbocycles. The second-order valence-corrected chi connectivity index (χ2v) is 7.87. The average Bonchev–Trinajstić information content (AvgIpc) is 3.41. The number of ether oxygens (including phenoxy) is 1. The third kappa shape index (κ3) is 4.24. The molecule has 7 nitrogen and oxygen atoms in total. The van der Waals surface area contributed by atoms with Crippen LogP contribution in [0.5, 0.6) is 5.75 Å². The predicted molar refractivity (Wildman–Crippen MR) is 120 cm³/mol. The Morgan fingerprint density at radius 1 is 1.16 bits per heavy atom. The molecular weight excluding hydrogens is 430 g/mol. The van der Waals surface area contributed by atoms with Gasteiger partial charge in [-0.3, -0.25) is 9.59 Å². The molecule has 8 heteroatoms. The molecule has 32 heavy (non-hydrogen) atoms. The molecule has 164 valence electrons. The summed E-state index contributed by atoms with van der Waals surface area (Å²) >= 11 is 6.05. The van der Waals surface area contributed by atoms with Crippen LogP contribution in [-0.2, 0) is 16.1 Å². The minimum Gasteiger partial charge on any atom is -0.507 e. The van der Waals surface area contributed by atoms with Crippen LogP contribution < -0.4 is 4.74 Å². The number of aromatic nitrogens is 2. The highest BCUT2D eigenvalue weighted by Crippen LogP contribution is 2.40. The van der Waals surface area contributed by atoms with Crippen LogP contribution in [0, 0.1) is 0 Å². The van der Waals surface area contributed by atoms with E-state index in [0.717, 1.165) is 0 Å². The Kier molecular flexibility index (Phi) is 6.28. The first-order valence-corrected chi connectivity index (χ1v) is 10.5. The van der Waals surface area contributed by atoms with Gasteiger partial charge in [0.05, 0.1) is 25.1 Å². The maximum atomic E-state index is 13.0. The van der Waals surface area contributed by atoms with Gasteiger partial charge >= 0.3 is 0 Å². The zero-order valence-electron chi connectivity index (χ0n) is 17.4. The van der Waals surface area contributed by atoms with Gasteiger partial charge < -0.3 is 19.3 Å². The Morgan fingerprint density at radius 2 is 1.94 bits per heavy atom. The van der Waals surface area contributed by atoms with E-state index in [2.05, 4.69) is 4.98 Å². The van der Waals surface area contributed by atoms with E-state index in [1.165, 1.54) is 12.0 Å². The summed E-state index contributed by atoms with van der Waals surface area (Å²) in [6.45, 7) is 0.983. The Hall–Kier alpha value is -3.58. The molecule has 1 amide bonds. The number of amides is 1. The first-order valence-electron chi connectivity index (χ1n) is 10.1. The van der Waals surface area contributed by atoms with Crippen molar-refractivity contribution in [2.75, 3.05) is 13.7 Å². The van der Waals surface area contributed by atoms with Crippen molar-refractivity contribution < 1.29 is 19.4 Å². The van der Waals surface area contributed by atoms with Gasteiger partial charge in [0.25, 0.3) is 11.7 Å². The summed E-state index contributed by atoms with van der Waals surface area (Å²) in [6.07, 6.45) is 5.85. The van der Waals surface area contributed by atoms with E-state index in [0.29, 0.717) is 41.4 Å². The van der Waals surface area contributed by atoms with Crippen molar-refractivity contribution in [1.82, 2.24) is 14.5 Å². The van der Waals surface area contributed by atoms with E-state index >= 15 is 0 Å². The molecule has 1 saturated heterocycles. The van der Waals surface area contributed by atoms with E-state index in [-0.39, 0.29) is 11.3 Å². The Labute approximate surface area is 190 Å². The summed E-state index contributed by atoms with van der Waals surface area (Å²) in [5, 5.41) is 11.6. The number of halogens is 1. The Balaban J connectivity index is 1.73. The number of ketones is 1. The minimum absolute atomic E-state index is 0.0493. The predicted octanol–water partition coefficient (Wildman–Crippen LogP) is 4.06. The summed E-state index contributed by atoms with van der Waals surface area (Å²) in [5.41, 5.74) is 1.15. The quantitative estimate of drug-likeness (QED) is 0.332. The summed E-state index contributed by atoms with van der Waals surface area (Å²) < 4.78 is 7.14. The number of likely N-dealkylation sites (tertiary alicyclic amines) is 1. The van der Waals surface area contributed by atoms with E-state index < -0.39 is 17.7 Å². The van der Waals surface area contributed by atoms with Crippen molar-refractivity contribution in [1.29, 1.82) is 0 Å². The maximum absolute atomic E-state index is 13.0. The van der Waals surface area contributed by atoms with Gasteiger partial charge in [0.2, 0.25) is 0 Å². The number of Topliss-reactive ketones (excluding diaryl/α,β-unsaturated/α-hetero) is 1. The average molecular weight is 452 g/mol. The van der Waals surface area contributed by atoms with Gasteiger partial charge in [-0.1, -0.05) is 35.9 Å². The van der Waals surface area contributed by atoms with Crippen LogP contribution in [0.25, 0.3) is 5.76 Å². The van der Waals surface area contributed by atoms with Gasteiger partial charge in [-0.15, -0.1) is 0 Å². The van der Waals surface area contributed by atoms with E-state index in [9.17, 15) is 14.7 Å². The fourth-order valence-corrected chi connectivity index (χ4v) is 4.00. The minimum atomic E-state index is -0.721. The molecule has 1 N–H and O–H groups in total. The standard InChI is InChI=1S/C24H22ClN3O4/c1-32-19-5-2-4-17(14-19)22(29)20-21(16-6-8-18(25)9-7-16)28(24(31)23(20)30)12-3-11-27-13-10-26-15-27/h2,4-10,13-15,21,29H,3,11-12H2,1H3/t21-/m0/s1. The lowest BCUT2D eigenvalue weighted by Gasteiger charge is -2.25. The molecule has 0 saturated carbocycles. The largest absolute Gasteiger partial charge is 0.507 e. The summed E-state index contributed by atoms with van der Waals surface area (Å²) in [4.78, 5) is 31.6. The normalized spacial score (nSPS) is 17.7. The van der Waals surface area contributed by atoms with E-state index in [1.807, 2.05) is 10.8 Å². The van der Waals surface area contributed by atoms with Crippen LogP contribution >= 0.6 is 11.6 Å². The second-order valence-electron chi connectivity index (χ2n) is 7.43. The molecule has 1 aliphatic rings. The number of hydrogen-bond acceptors (Lipinski definition) is 5.